The lowest BCUT2D eigenvalue weighted by Gasteiger charge is -2.07. The van der Waals surface area contributed by atoms with E-state index in [0.29, 0.717) is 6.54 Å². The van der Waals surface area contributed by atoms with Gasteiger partial charge in [0.1, 0.15) is 22.8 Å². The first-order valence-corrected chi connectivity index (χ1v) is 7.56. The molecule has 1 aromatic carbocycles. The predicted octanol–water partition coefficient (Wildman–Crippen LogP) is 3.82. The van der Waals surface area contributed by atoms with Gasteiger partial charge in [-0.2, -0.15) is 0 Å². The van der Waals surface area contributed by atoms with Crippen LogP contribution >= 0.6 is 0 Å². The number of pyridine rings is 1. The van der Waals surface area contributed by atoms with E-state index in [1.807, 2.05) is 47.0 Å². The van der Waals surface area contributed by atoms with Gasteiger partial charge in [0.25, 0.3) is 0 Å². The van der Waals surface area contributed by atoms with Crippen LogP contribution in [-0.4, -0.2) is 21.6 Å². The smallest absolute Gasteiger partial charge is 0.132 e. The number of methoxy groups -OCH3 is 1. The minimum Gasteiger partial charge on any atom is -0.497 e. The Hall–Kier alpha value is -3.28. The van der Waals surface area contributed by atoms with Crippen LogP contribution in [0.3, 0.4) is 0 Å². The molecule has 4 aromatic rings. The normalized spacial score (nSPS) is 10.9. The summed E-state index contributed by atoms with van der Waals surface area (Å²) in [6.07, 6.45) is 5.23. The van der Waals surface area contributed by atoms with Gasteiger partial charge in [-0.1, -0.05) is 0 Å². The Bertz CT molecular complexity index is 943. The average molecular weight is 320 g/mol. The molecule has 0 atom stereocenters. The first kappa shape index (κ1) is 14.3. The van der Waals surface area contributed by atoms with Gasteiger partial charge in [-0.25, -0.2) is 9.97 Å². The van der Waals surface area contributed by atoms with Gasteiger partial charge in [-0.05, 0) is 36.4 Å². The van der Waals surface area contributed by atoms with Gasteiger partial charge in [0.05, 0.1) is 38.0 Å². The summed E-state index contributed by atoms with van der Waals surface area (Å²) in [5.41, 5.74) is 2.79. The maximum absolute atomic E-state index is 5.41. The van der Waals surface area contributed by atoms with Crippen LogP contribution < -0.4 is 10.1 Å². The number of fused-ring (bicyclic) bond motifs is 1. The molecule has 0 radical (unpaired) electrons. The number of imidazole rings is 1. The van der Waals surface area contributed by atoms with Crippen molar-refractivity contribution in [2.75, 3.05) is 12.4 Å². The third kappa shape index (κ3) is 2.81. The third-order valence-corrected chi connectivity index (χ3v) is 3.78. The highest BCUT2D eigenvalue weighted by Crippen LogP contribution is 2.22. The van der Waals surface area contributed by atoms with E-state index in [0.717, 1.165) is 34.0 Å². The maximum atomic E-state index is 5.41. The molecule has 0 unspecified atom stereocenters. The van der Waals surface area contributed by atoms with Gasteiger partial charge in [-0.3, -0.25) is 0 Å². The largest absolute Gasteiger partial charge is 0.497 e. The van der Waals surface area contributed by atoms with E-state index in [1.165, 1.54) is 0 Å². The molecular weight excluding hydrogens is 304 g/mol. The van der Waals surface area contributed by atoms with Gasteiger partial charge in [0.15, 0.2) is 0 Å². The Balaban J connectivity index is 1.61. The zero-order chi connectivity index (χ0) is 16.4. The van der Waals surface area contributed by atoms with Gasteiger partial charge in [0, 0.05) is 11.8 Å². The summed E-state index contributed by atoms with van der Waals surface area (Å²) in [5, 5.41) is 3.29. The van der Waals surface area contributed by atoms with Crippen LogP contribution in [0, 0.1) is 0 Å². The summed E-state index contributed by atoms with van der Waals surface area (Å²) in [5.74, 6) is 2.46. The fourth-order valence-electron chi connectivity index (χ4n) is 2.55. The van der Waals surface area contributed by atoms with Crippen molar-refractivity contribution in [2.24, 2.45) is 0 Å². The lowest BCUT2D eigenvalue weighted by atomic mass is 10.3. The second kappa shape index (κ2) is 6.08. The molecule has 3 aromatic heterocycles. The van der Waals surface area contributed by atoms with E-state index in [4.69, 9.17) is 9.15 Å². The number of anilines is 2. The fourth-order valence-corrected chi connectivity index (χ4v) is 2.55. The van der Waals surface area contributed by atoms with Crippen molar-refractivity contribution < 1.29 is 9.15 Å². The topological polar surface area (TPSA) is 65.1 Å². The Morgan fingerprint density at radius 1 is 1.17 bits per heavy atom. The summed E-state index contributed by atoms with van der Waals surface area (Å²) in [4.78, 5) is 8.80. The minimum absolute atomic E-state index is 0.634. The molecule has 0 spiro atoms. The maximum Gasteiger partial charge on any atom is 0.132 e. The highest BCUT2D eigenvalue weighted by molar-refractivity contribution is 5.78. The van der Waals surface area contributed by atoms with Crippen LogP contribution in [0.25, 0.3) is 11.0 Å². The SMILES string of the molecule is COc1ccc(Nc2cc3c(cn2)ncn3Cc2ccco2)cc1. The molecule has 3 heterocycles. The molecule has 0 fully saturated rings. The zero-order valence-corrected chi connectivity index (χ0v) is 13.1. The number of hydrogen-bond acceptors (Lipinski definition) is 5. The predicted molar refractivity (Wildman–Crippen MR) is 91.6 cm³/mol. The fraction of sp³-hybridized carbons (Fsp3) is 0.111. The van der Waals surface area contributed by atoms with Crippen molar-refractivity contribution in [3.63, 3.8) is 0 Å². The molecule has 120 valence electrons. The lowest BCUT2D eigenvalue weighted by molar-refractivity contribution is 0.415. The van der Waals surface area contributed by atoms with Crippen LogP contribution in [0.5, 0.6) is 5.75 Å². The molecule has 6 heteroatoms. The Morgan fingerprint density at radius 2 is 2.04 bits per heavy atom. The molecule has 1 N–H and O–H groups in total. The number of ether oxygens (including phenoxy) is 1. The summed E-state index contributed by atoms with van der Waals surface area (Å²) >= 11 is 0. The number of furan rings is 1. The third-order valence-electron chi connectivity index (χ3n) is 3.78. The summed E-state index contributed by atoms with van der Waals surface area (Å²) < 4.78 is 12.6. The second-order valence-corrected chi connectivity index (χ2v) is 5.36. The molecular formula is C18H16N4O2. The van der Waals surface area contributed by atoms with E-state index in [-0.39, 0.29) is 0 Å². The quantitative estimate of drug-likeness (QED) is 0.605. The van der Waals surface area contributed by atoms with Crippen molar-refractivity contribution in [1.29, 1.82) is 0 Å². The monoisotopic (exact) mass is 320 g/mol. The summed E-state index contributed by atoms with van der Waals surface area (Å²) in [6, 6.07) is 13.5. The van der Waals surface area contributed by atoms with Crippen molar-refractivity contribution in [3.05, 3.63) is 67.0 Å². The van der Waals surface area contributed by atoms with Crippen LogP contribution in [0.15, 0.2) is 65.7 Å². The minimum atomic E-state index is 0.634. The molecule has 0 saturated heterocycles. The van der Waals surface area contributed by atoms with Crippen molar-refractivity contribution >= 4 is 22.5 Å². The van der Waals surface area contributed by atoms with E-state index < -0.39 is 0 Å². The van der Waals surface area contributed by atoms with Crippen LogP contribution in [0.4, 0.5) is 11.5 Å². The molecule has 0 saturated carbocycles. The summed E-state index contributed by atoms with van der Waals surface area (Å²) in [7, 11) is 1.65. The molecule has 0 aliphatic rings. The van der Waals surface area contributed by atoms with E-state index in [2.05, 4.69) is 15.3 Å². The zero-order valence-electron chi connectivity index (χ0n) is 13.1. The van der Waals surface area contributed by atoms with Crippen molar-refractivity contribution in [1.82, 2.24) is 14.5 Å². The number of aromatic nitrogens is 3. The highest BCUT2D eigenvalue weighted by Gasteiger charge is 2.07. The van der Waals surface area contributed by atoms with E-state index in [1.54, 1.807) is 25.9 Å². The second-order valence-electron chi connectivity index (χ2n) is 5.36. The van der Waals surface area contributed by atoms with Gasteiger partial charge in [0.2, 0.25) is 0 Å². The van der Waals surface area contributed by atoms with E-state index >= 15 is 0 Å². The molecule has 0 aliphatic heterocycles. The first-order chi connectivity index (χ1) is 11.8. The van der Waals surface area contributed by atoms with E-state index in [9.17, 15) is 0 Å². The Morgan fingerprint density at radius 3 is 2.79 bits per heavy atom. The van der Waals surface area contributed by atoms with Crippen LogP contribution in [-0.2, 0) is 6.54 Å². The molecule has 24 heavy (non-hydrogen) atoms. The number of nitrogens with zero attached hydrogens (tertiary/aromatic N) is 3. The standard InChI is InChI=1S/C18H16N4O2/c1-23-14-6-4-13(5-7-14)21-18-9-17-16(10-19-18)20-12-22(17)11-15-3-2-8-24-15/h2-10,12H,11H2,1H3,(H,19,21). The van der Waals surface area contributed by atoms with Crippen LogP contribution in [0.2, 0.25) is 0 Å². The number of rotatable bonds is 5. The van der Waals surface area contributed by atoms with Gasteiger partial charge < -0.3 is 19.0 Å². The molecule has 0 aliphatic carbocycles. The number of hydrogen-bond donors (Lipinski definition) is 1. The number of benzene rings is 1. The van der Waals surface area contributed by atoms with Crippen LogP contribution in [0.1, 0.15) is 5.76 Å². The molecule has 0 bridgehead atoms. The van der Waals surface area contributed by atoms with Crippen molar-refractivity contribution in [2.45, 2.75) is 6.54 Å². The van der Waals surface area contributed by atoms with Crippen molar-refractivity contribution in [3.8, 4) is 5.75 Å². The number of nitrogens with one attached hydrogen (secondary N) is 1. The lowest BCUT2D eigenvalue weighted by Crippen LogP contribution is -1.98. The van der Waals surface area contributed by atoms with Gasteiger partial charge in [-0.15, -0.1) is 0 Å². The average Bonchev–Trinajstić information content (AvgIpc) is 3.26. The van der Waals surface area contributed by atoms with Gasteiger partial charge >= 0.3 is 0 Å². The summed E-state index contributed by atoms with van der Waals surface area (Å²) in [6.45, 7) is 0.634. The molecule has 0 amide bonds. The Labute approximate surface area is 138 Å². The highest BCUT2D eigenvalue weighted by atomic mass is 16.5. The first-order valence-electron chi connectivity index (χ1n) is 7.56. The molecule has 4 rings (SSSR count). The Kier molecular flexibility index (Phi) is 3.63. The molecule has 6 nitrogen and oxygen atoms in total.